The van der Waals surface area contributed by atoms with E-state index in [0.717, 1.165) is 11.1 Å². The lowest BCUT2D eigenvalue weighted by Crippen LogP contribution is -2.48. The fourth-order valence-electron chi connectivity index (χ4n) is 2.50. The summed E-state index contributed by atoms with van der Waals surface area (Å²) in [6.07, 6.45) is 0. The predicted octanol–water partition coefficient (Wildman–Crippen LogP) is 2.63. The second-order valence-corrected chi connectivity index (χ2v) is 5.62. The summed E-state index contributed by atoms with van der Waals surface area (Å²) >= 11 is 0. The van der Waals surface area contributed by atoms with Crippen LogP contribution < -0.4 is 10.6 Å². The van der Waals surface area contributed by atoms with Crippen molar-refractivity contribution in [2.24, 2.45) is 0 Å². The van der Waals surface area contributed by atoms with Crippen molar-refractivity contribution in [3.05, 3.63) is 71.8 Å². The first-order valence-corrected chi connectivity index (χ1v) is 8.15. The Balaban J connectivity index is 2.16. The molecule has 0 saturated heterocycles. The van der Waals surface area contributed by atoms with E-state index in [4.69, 9.17) is 0 Å². The quantitative estimate of drug-likeness (QED) is 0.794. The summed E-state index contributed by atoms with van der Waals surface area (Å²) in [5.74, 6) is 0. The number of rotatable bonds is 6. The van der Waals surface area contributed by atoms with Crippen LogP contribution in [0.25, 0.3) is 0 Å². The van der Waals surface area contributed by atoms with Gasteiger partial charge in [0.1, 0.15) is 0 Å². The molecule has 0 radical (unpaired) electrons. The minimum absolute atomic E-state index is 0.184. The van der Waals surface area contributed by atoms with Gasteiger partial charge in [0, 0.05) is 27.2 Å². The third-order valence-electron chi connectivity index (χ3n) is 3.78. The van der Waals surface area contributed by atoms with E-state index in [1.54, 1.807) is 23.9 Å². The first-order chi connectivity index (χ1) is 12.1. The summed E-state index contributed by atoms with van der Waals surface area (Å²) in [6, 6.07) is 18.9. The van der Waals surface area contributed by atoms with Gasteiger partial charge in [-0.25, -0.2) is 9.59 Å². The van der Waals surface area contributed by atoms with Crippen LogP contribution in [-0.4, -0.2) is 42.6 Å². The highest BCUT2D eigenvalue weighted by Crippen LogP contribution is 2.10. The molecule has 2 aromatic carbocycles. The standard InChI is InChI=1S/C19H24N4O2/c1-20-18(24)22(13-16-9-5-3-6-10-16)15-23(19(25)21-2)14-17-11-7-4-8-12-17/h3-12H,13-15H2,1-2H3,(H,20,24)(H,21,25). The van der Waals surface area contributed by atoms with Gasteiger partial charge in [-0.15, -0.1) is 0 Å². The number of hydrogen-bond acceptors (Lipinski definition) is 2. The Morgan fingerprint density at radius 2 is 1.08 bits per heavy atom. The number of amides is 4. The molecule has 25 heavy (non-hydrogen) atoms. The maximum atomic E-state index is 12.3. The van der Waals surface area contributed by atoms with Crippen LogP contribution >= 0.6 is 0 Å². The Labute approximate surface area is 148 Å². The lowest BCUT2D eigenvalue weighted by molar-refractivity contribution is 0.139. The molecule has 132 valence electrons. The van der Waals surface area contributed by atoms with Crippen LogP contribution in [0.2, 0.25) is 0 Å². The summed E-state index contributed by atoms with van der Waals surface area (Å²) < 4.78 is 0. The van der Waals surface area contributed by atoms with Gasteiger partial charge < -0.3 is 20.4 Å². The van der Waals surface area contributed by atoms with Crippen molar-refractivity contribution in [2.45, 2.75) is 13.1 Å². The predicted molar refractivity (Wildman–Crippen MR) is 97.7 cm³/mol. The van der Waals surface area contributed by atoms with E-state index in [-0.39, 0.29) is 18.7 Å². The van der Waals surface area contributed by atoms with Crippen molar-refractivity contribution < 1.29 is 9.59 Å². The minimum atomic E-state index is -0.231. The van der Waals surface area contributed by atoms with Crippen molar-refractivity contribution in [3.63, 3.8) is 0 Å². The zero-order valence-electron chi connectivity index (χ0n) is 14.6. The molecule has 0 fully saturated rings. The molecule has 6 heteroatoms. The van der Waals surface area contributed by atoms with Gasteiger partial charge in [0.05, 0.1) is 6.67 Å². The number of nitrogens with zero attached hydrogens (tertiary/aromatic N) is 2. The van der Waals surface area contributed by atoms with E-state index < -0.39 is 0 Å². The monoisotopic (exact) mass is 340 g/mol. The van der Waals surface area contributed by atoms with Crippen molar-refractivity contribution in [1.82, 2.24) is 20.4 Å². The van der Waals surface area contributed by atoms with Crippen molar-refractivity contribution in [1.29, 1.82) is 0 Å². The van der Waals surface area contributed by atoms with Crippen LogP contribution in [0.3, 0.4) is 0 Å². The topological polar surface area (TPSA) is 64.7 Å². The third kappa shape index (κ3) is 5.53. The fraction of sp³-hybridized carbons (Fsp3) is 0.263. The van der Waals surface area contributed by atoms with Crippen molar-refractivity contribution >= 4 is 12.1 Å². The van der Waals surface area contributed by atoms with E-state index in [9.17, 15) is 9.59 Å². The molecule has 0 aliphatic heterocycles. The van der Waals surface area contributed by atoms with Crippen molar-refractivity contribution in [3.8, 4) is 0 Å². The summed E-state index contributed by atoms with van der Waals surface area (Å²) in [7, 11) is 3.17. The van der Waals surface area contributed by atoms with Gasteiger partial charge in [-0.05, 0) is 11.1 Å². The summed E-state index contributed by atoms with van der Waals surface area (Å²) in [5, 5.41) is 5.28. The summed E-state index contributed by atoms with van der Waals surface area (Å²) in [6.45, 7) is 1.02. The third-order valence-corrected chi connectivity index (χ3v) is 3.78. The zero-order chi connectivity index (χ0) is 18.1. The Bertz CT molecular complexity index is 617. The molecule has 0 atom stereocenters. The molecule has 0 bridgehead atoms. The van der Waals surface area contributed by atoms with Gasteiger partial charge in [0.15, 0.2) is 0 Å². The van der Waals surface area contributed by atoms with Gasteiger partial charge in [0.2, 0.25) is 0 Å². The number of urea groups is 2. The average Bonchev–Trinajstić information content (AvgIpc) is 2.67. The second-order valence-electron chi connectivity index (χ2n) is 5.62. The van der Waals surface area contributed by atoms with Gasteiger partial charge in [-0.1, -0.05) is 60.7 Å². The van der Waals surface area contributed by atoms with E-state index >= 15 is 0 Å². The highest BCUT2D eigenvalue weighted by atomic mass is 16.2. The Morgan fingerprint density at radius 3 is 1.40 bits per heavy atom. The highest BCUT2D eigenvalue weighted by Gasteiger charge is 2.20. The molecular formula is C19H24N4O2. The maximum absolute atomic E-state index is 12.3. The SMILES string of the molecule is CNC(=O)N(Cc1ccccc1)CN(Cc1ccccc1)C(=O)NC. The van der Waals surface area contributed by atoms with Crippen molar-refractivity contribution in [2.75, 3.05) is 20.8 Å². The Hall–Kier alpha value is -3.02. The number of hydrogen-bond donors (Lipinski definition) is 2. The molecule has 0 saturated carbocycles. The number of carbonyl (C=O) groups is 2. The molecule has 0 aliphatic carbocycles. The first-order valence-electron chi connectivity index (χ1n) is 8.15. The minimum Gasteiger partial charge on any atom is -0.341 e. The van der Waals surface area contributed by atoms with Gasteiger partial charge >= 0.3 is 12.1 Å². The zero-order valence-corrected chi connectivity index (χ0v) is 14.6. The first kappa shape index (κ1) is 18.3. The second kappa shape index (κ2) is 9.32. The van der Waals surface area contributed by atoms with Crippen LogP contribution in [0, 0.1) is 0 Å². The van der Waals surface area contributed by atoms with Crippen LogP contribution in [0.1, 0.15) is 11.1 Å². The summed E-state index contributed by atoms with van der Waals surface area (Å²) in [4.78, 5) is 27.8. The summed E-state index contributed by atoms with van der Waals surface area (Å²) in [5.41, 5.74) is 2.00. The van der Waals surface area contributed by atoms with E-state index in [2.05, 4.69) is 10.6 Å². The molecule has 2 aromatic rings. The average molecular weight is 340 g/mol. The molecule has 0 heterocycles. The van der Waals surface area contributed by atoms with Gasteiger partial charge in [-0.2, -0.15) is 0 Å². The van der Waals surface area contributed by atoms with E-state index in [0.29, 0.717) is 13.1 Å². The molecule has 6 nitrogen and oxygen atoms in total. The van der Waals surface area contributed by atoms with Gasteiger partial charge in [-0.3, -0.25) is 0 Å². The maximum Gasteiger partial charge on any atom is 0.318 e. The normalized spacial score (nSPS) is 10.0. The van der Waals surface area contributed by atoms with E-state index in [1.807, 2.05) is 60.7 Å². The lowest BCUT2D eigenvalue weighted by atomic mass is 10.2. The van der Waals surface area contributed by atoms with Gasteiger partial charge in [0.25, 0.3) is 0 Å². The molecular weight excluding hydrogens is 316 g/mol. The van der Waals surface area contributed by atoms with Crippen LogP contribution in [0.4, 0.5) is 9.59 Å². The van der Waals surface area contributed by atoms with Crippen LogP contribution in [0.15, 0.2) is 60.7 Å². The molecule has 0 spiro atoms. The lowest BCUT2D eigenvalue weighted by Gasteiger charge is -2.30. The smallest absolute Gasteiger partial charge is 0.318 e. The molecule has 2 rings (SSSR count). The van der Waals surface area contributed by atoms with E-state index in [1.165, 1.54) is 0 Å². The van der Waals surface area contributed by atoms with Crippen LogP contribution in [-0.2, 0) is 13.1 Å². The fourth-order valence-corrected chi connectivity index (χ4v) is 2.50. The van der Waals surface area contributed by atoms with Crippen LogP contribution in [0.5, 0.6) is 0 Å². The number of nitrogens with one attached hydrogen (secondary N) is 2. The molecule has 0 unspecified atom stereocenters. The Kier molecular flexibility index (Phi) is 6.83. The largest absolute Gasteiger partial charge is 0.341 e. The molecule has 0 aliphatic rings. The molecule has 4 amide bonds. The number of carbonyl (C=O) groups excluding carboxylic acids is 2. The highest BCUT2D eigenvalue weighted by molar-refractivity contribution is 5.76. The molecule has 2 N–H and O–H groups in total. The Morgan fingerprint density at radius 1 is 0.720 bits per heavy atom. The molecule has 0 aromatic heterocycles. The number of benzene rings is 2.